The van der Waals surface area contributed by atoms with E-state index in [1.807, 2.05) is 26.0 Å². The highest BCUT2D eigenvalue weighted by atomic mass is 79.9. The van der Waals surface area contributed by atoms with Gasteiger partial charge in [0.2, 0.25) is 0 Å². The van der Waals surface area contributed by atoms with E-state index in [1.54, 1.807) is 24.1 Å². The van der Waals surface area contributed by atoms with Crippen molar-refractivity contribution in [2.75, 3.05) is 32.1 Å². The lowest BCUT2D eigenvalue weighted by molar-refractivity contribution is 0.0709. The molecule has 1 rings (SSSR count). The third-order valence-electron chi connectivity index (χ3n) is 2.68. The molecule has 0 N–H and O–H groups in total. The average Bonchev–Trinajstić information content (AvgIpc) is 2.43. The summed E-state index contributed by atoms with van der Waals surface area (Å²) < 4.78 is 10.6. The van der Waals surface area contributed by atoms with E-state index in [2.05, 4.69) is 15.9 Å². The van der Waals surface area contributed by atoms with Crippen LogP contribution in [0.3, 0.4) is 0 Å². The molecule has 0 aliphatic heterocycles. The zero-order valence-corrected chi connectivity index (χ0v) is 13.9. The van der Waals surface area contributed by atoms with E-state index in [-0.39, 0.29) is 12.0 Å². The van der Waals surface area contributed by atoms with E-state index in [0.717, 1.165) is 11.1 Å². The van der Waals surface area contributed by atoms with Crippen molar-refractivity contribution in [2.24, 2.45) is 0 Å². The molecule has 0 fully saturated rings. The fraction of sp³-hybridized carbons (Fsp3) is 0.533. The Morgan fingerprint density at radius 3 is 2.40 bits per heavy atom. The number of halogens is 1. The van der Waals surface area contributed by atoms with Gasteiger partial charge in [0.25, 0.3) is 5.91 Å². The van der Waals surface area contributed by atoms with E-state index in [9.17, 15) is 4.79 Å². The number of methoxy groups -OCH3 is 1. The highest BCUT2D eigenvalue weighted by Crippen LogP contribution is 2.15. The van der Waals surface area contributed by atoms with Gasteiger partial charge >= 0.3 is 0 Å². The van der Waals surface area contributed by atoms with Crippen molar-refractivity contribution < 1.29 is 14.3 Å². The number of carbonyl (C=O) groups is 1. The second kappa shape index (κ2) is 8.97. The van der Waals surface area contributed by atoms with Gasteiger partial charge in [0.05, 0.1) is 12.7 Å². The van der Waals surface area contributed by atoms with E-state index in [0.29, 0.717) is 25.3 Å². The maximum Gasteiger partial charge on any atom is 0.253 e. The first-order valence-electron chi connectivity index (χ1n) is 6.69. The van der Waals surface area contributed by atoms with Crippen LogP contribution in [-0.2, 0) is 4.74 Å². The maximum atomic E-state index is 12.4. The summed E-state index contributed by atoms with van der Waals surface area (Å²) in [6.45, 7) is 5.73. The molecular weight excluding hydrogens is 322 g/mol. The second-order valence-electron chi connectivity index (χ2n) is 4.66. The minimum atomic E-state index is 0.0117. The van der Waals surface area contributed by atoms with Crippen molar-refractivity contribution >= 4 is 21.8 Å². The van der Waals surface area contributed by atoms with E-state index in [1.165, 1.54) is 0 Å². The zero-order chi connectivity index (χ0) is 15.0. The normalized spacial score (nSPS) is 10.7. The lowest BCUT2D eigenvalue weighted by Gasteiger charge is -2.21. The Kier molecular flexibility index (Phi) is 7.62. The molecule has 112 valence electrons. The number of nitrogens with zero attached hydrogens (tertiary/aromatic N) is 1. The van der Waals surface area contributed by atoms with Crippen molar-refractivity contribution in [3.8, 4) is 5.75 Å². The Balaban J connectivity index is 2.72. The fourth-order valence-corrected chi connectivity index (χ4v) is 2.18. The molecule has 0 atom stereocenters. The van der Waals surface area contributed by atoms with Crippen LogP contribution in [0.15, 0.2) is 24.3 Å². The Labute approximate surface area is 129 Å². The van der Waals surface area contributed by atoms with Crippen LogP contribution in [0.2, 0.25) is 0 Å². The number of carbonyl (C=O) groups excluding carboxylic acids is 1. The molecule has 5 heteroatoms. The zero-order valence-electron chi connectivity index (χ0n) is 12.3. The molecule has 1 aromatic rings. The standard InChI is InChI=1S/C15H22BrNO3/c1-12(2)20-14-6-4-13(5-7-14)15(18)17(9-8-16)10-11-19-3/h4-7,12H,8-11H2,1-3H3. The van der Waals surface area contributed by atoms with Crippen molar-refractivity contribution in [2.45, 2.75) is 20.0 Å². The summed E-state index contributed by atoms with van der Waals surface area (Å²) in [4.78, 5) is 14.2. The lowest BCUT2D eigenvalue weighted by atomic mass is 10.2. The van der Waals surface area contributed by atoms with Gasteiger partial charge in [-0.05, 0) is 38.1 Å². The third kappa shape index (κ3) is 5.51. The number of hydrogen-bond acceptors (Lipinski definition) is 3. The summed E-state index contributed by atoms with van der Waals surface area (Å²) in [6.07, 6.45) is 0.128. The summed E-state index contributed by atoms with van der Waals surface area (Å²) in [5, 5.41) is 0.747. The summed E-state index contributed by atoms with van der Waals surface area (Å²) in [5.41, 5.74) is 0.665. The van der Waals surface area contributed by atoms with Gasteiger partial charge in [0.1, 0.15) is 5.75 Å². The Hall–Kier alpha value is -1.07. The van der Waals surface area contributed by atoms with E-state index >= 15 is 0 Å². The predicted molar refractivity (Wildman–Crippen MR) is 83.8 cm³/mol. The van der Waals surface area contributed by atoms with Crippen LogP contribution in [0.5, 0.6) is 5.75 Å². The first kappa shape index (κ1) is 17.0. The number of amides is 1. The van der Waals surface area contributed by atoms with Gasteiger partial charge in [-0.1, -0.05) is 15.9 Å². The Morgan fingerprint density at radius 1 is 1.25 bits per heavy atom. The Bertz CT molecular complexity index is 406. The minimum Gasteiger partial charge on any atom is -0.491 e. The van der Waals surface area contributed by atoms with Crippen LogP contribution in [0.4, 0.5) is 0 Å². The van der Waals surface area contributed by atoms with Crippen LogP contribution in [-0.4, -0.2) is 49.0 Å². The van der Waals surface area contributed by atoms with Gasteiger partial charge in [-0.25, -0.2) is 0 Å². The van der Waals surface area contributed by atoms with Crippen molar-refractivity contribution in [1.29, 1.82) is 0 Å². The number of rotatable bonds is 8. The molecule has 0 saturated carbocycles. The molecule has 0 bridgehead atoms. The molecule has 1 amide bonds. The number of alkyl halides is 1. The van der Waals surface area contributed by atoms with Gasteiger partial charge in [-0.3, -0.25) is 4.79 Å². The number of hydrogen-bond donors (Lipinski definition) is 0. The number of benzene rings is 1. The molecule has 0 radical (unpaired) electrons. The van der Waals surface area contributed by atoms with Gasteiger partial charge < -0.3 is 14.4 Å². The second-order valence-corrected chi connectivity index (χ2v) is 5.46. The Morgan fingerprint density at radius 2 is 1.90 bits per heavy atom. The highest BCUT2D eigenvalue weighted by Gasteiger charge is 2.15. The molecule has 0 saturated heterocycles. The largest absolute Gasteiger partial charge is 0.491 e. The summed E-state index contributed by atoms with van der Waals surface area (Å²) >= 11 is 3.37. The van der Waals surface area contributed by atoms with Crippen LogP contribution < -0.4 is 4.74 Å². The lowest BCUT2D eigenvalue weighted by Crippen LogP contribution is -2.35. The molecule has 1 aromatic carbocycles. The first-order valence-corrected chi connectivity index (χ1v) is 7.81. The van der Waals surface area contributed by atoms with Crippen molar-refractivity contribution in [3.05, 3.63) is 29.8 Å². The average molecular weight is 344 g/mol. The quantitative estimate of drug-likeness (QED) is 0.681. The van der Waals surface area contributed by atoms with Gasteiger partial charge in [0, 0.05) is 31.1 Å². The molecule has 20 heavy (non-hydrogen) atoms. The van der Waals surface area contributed by atoms with Crippen LogP contribution >= 0.6 is 15.9 Å². The third-order valence-corrected chi connectivity index (χ3v) is 3.03. The molecule has 0 heterocycles. The van der Waals surface area contributed by atoms with Gasteiger partial charge in [-0.15, -0.1) is 0 Å². The van der Waals surface area contributed by atoms with Crippen LogP contribution in [0.25, 0.3) is 0 Å². The SMILES string of the molecule is COCCN(CCBr)C(=O)c1ccc(OC(C)C)cc1. The van der Waals surface area contributed by atoms with Crippen molar-refractivity contribution in [1.82, 2.24) is 4.90 Å². The smallest absolute Gasteiger partial charge is 0.253 e. The molecule has 0 aromatic heterocycles. The van der Waals surface area contributed by atoms with Crippen LogP contribution in [0, 0.1) is 0 Å². The van der Waals surface area contributed by atoms with E-state index in [4.69, 9.17) is 9.47 Å². The van der Waals surface area contributed by atoms with Gasteiger partial charge in [-0.2, -0.15) is 0 Å². The van der Waals surface area contributed by atoms with Crippen LogP contribution in [0.1, 0.15) is 24.2 Å². The molecular formula is C15H22BrNO3. The fourth-order valence-electron chi connectivity index (χ4n) is 1.75. The minimum absolute atomic E-state index is 0.0117. The molecule has 0 spiro atoms. The maximum absolute atomic E-state index is 12.4. The molecule has 0 unspecified atom stereocenters. The first-order chi connectivity index (χ1) is 9.58. The van der Waals surface area contributed by atoms with Gasteiger partial charge in [0.15, 0.2) is 0 Å². The summed E-state index contributed by atoms with van der Waals surface area (Å²) in [6, 6.07) is 7.26. The number of ether oxygens (including phenoxy) is 2. The predicted octanol–water partition coefficient (Wildman–Crippen LogP) is 2.96. The van der Waals surface area contributed by atoms with E-state index < -0.39 is 0 Å². The molecule has 0 aliphatic rings. The monoisotopic (exact) mass is 343 g/mol. The topological polar surface area (TPSA) is 38.8 Å². The van der Waals surface area contributed by atoms with Crippen molar-refractivity contribution in [3.63, 3.8) is 0 Å². The molecule has 4 nitrogen and oxygen atoms in total. The highest BCUT2D eigenvalue weighted by molar-refractivity contribution is 9.09. The molecule has 0 aliphatic carbocycles. The summed E-state index contributed by atoms with van der Waals surface area (Å²) in [7, 11) is 1.63. The summed E-state index contributed by atoms with van der Waals surface area (Å²) in [5.74, 6) is 0.790.